The molecule has 7 heteroatoms. The van der Waals surface area contributed by atoms with Gasteiger partial charge in [-0.3, -0.25) is 4.79 Å². The van der Waals surface area contributed by atoms with Crippen molar-refractivity contribution in [3.05, 3.63) is 89.0 Å². The van der Waals surface area contributed by atoms with Crippen LogP contribution in [-0.4, -0.2) is 34.6 Å². The Bertz CT molecular complexity index is 1310. The van der Waals surface area contributed by atoms with Gasteiger partial charge >= 0.3 is 0 Å². The van der Waals surface area contributed by atoms with Gasteiger partial charge in [-0.1, -0.05) is 59.8 Å². The lowest BCUT2D eigenvalue weighted by Crippen LogP contribution is -2.56. The molecule has 3 atom stereocenters. The molecule has 3 unspecified atom stereocenters. The Morgan fingerprint density at radius 2 is 1.76 bits per heavy atom. The normalized spacial score (nSPS) is 21.5. The second-order valence-corrected chi connectivity index (χ2v) is 11.0. The Balaban J connectivity index is 1.90. The molecular weight excluding hydrogens is 487 g/mol. The molecule has 1 amide bonds. The lowest BCUT2D eigenvalue weighted by atomic mass is 9.71. The van der Waals surface area contributed by atoms with Crippen LogP contribution >= 0.6 is 0 Å². The van der Waals surface area contributed by atoms with Crippen LogP contribution in [0, 0.1) is 34.7 Å². The minimum Gasteiger partial charge on any atom is -0.326 e. The Morgan fingerprint density at radius 3 is 2.37 bits per heavy atom. The zero-order valence-corrected chi connectivity index (χ0v) is 23.0. The number of amides is 1. The number of allylic oxidation sites excluding steroid dienone is 1. The number of nitrogens with zero attached hydrogens (tertiary/aromatic N) is 3. The van der Waals surface area contributed by atoms with Crippen molar-refractivity contribution >= 4 is 17.4 Å². The first-order valence-corrected chi connectivity index (χ1v) is 13.2. The Kier molecular flexibility index (Phi) is 7.60. The summed E-state index contributed by atoms with van der Waals surface area (Å²) in [6, 6.07) is 9.90. The van der Waals surface area contributed by atoms with Crippen LogP contribution in [-0.2, 0) is 4.79 Å². The van der Waals surface area contributed by atoms with Crippen molar-refractivity contribution in [2.75, 3.05) is 13.1 Å². The maximum atomic E-state index is 14.2. The van der Waals surface area contributed by atoms with E-state index in [1.54, 1.807) is 12.1 Å². The number of fused-ring (bicyclic) bond motifs is 1. The summed E-state index contributed by atoms with van der Waals surface area (Å²) in [5.74, 6) is -1.81. The summed E-state index contributed by atoms with van der Waals surface area (Å²) < 4.78 is 41.8. The van der Waals surface area contributed by atoms with E-state index in [9.17, 15) is 18.0 Å². The van der Waals surface area contributed by atoms with Crippen molar-refractivity contribution in [1.82, 2.24) is 9.80 Å². The van der Waals surface area contributed by atoms with Gasteiger partial charge in [0.25, 0.3) is 0 Å². The third-order valence-corrected chi connectivity index (χ3v) is 8.46. The van der Waals surface area contributed by atoms with Crippen LogP contribution in [0.4, 0.5) is 18.9 Å². The zero-order valence-electron chi connectivity index (χ0n) is 23.0. The van der Waals surface area contributed by atoms with Crippen LogP contribution in [0.15, 0.2) is 71.0 Å². The molecule has 0 N–H and O–H groups in total. The van der Waals surface area contributed by atoms with Gasteiger partial charge in [-0.25, -0.2) is 18.2 Å². The molecule has 0 aromatic heterocycles. The maximum Gasteiger partial charge on any atom is 0.233 e. The molecule has 38 heavy (non-hydrogen) atoms. The van der Waals surface area contributed by atoms with E-state index >= 15 is 0 Å². The molecule has 202 valence electrons. The smallest absolute Gasteiger partial charge is 0.233 e. The molecule has 0 spiro atoms. The second-order valence-electron chi connectivity index (χ2n) is 11.0. The standard InChI is InChI=1S/C31H36F3N3O/c1-8-18(2)27(22-9-11-23(32)12-10-22)29(35-24-13-14-25(33)26(34)17-24)36-15-16-37-28(21(36)5)19(3)20(4)31(6,7)30(37)38/h9-14,17-18,20,27H,5,8,15-16H2,1-4,6-7H3. The molecule has 0 radical (unpaired) electrons. The van der Waals surface area contributed by atoms with Gasteiger partial charge in [0.15, 0.2) is 11.6 Å². The van der Waals surface area contributed by atoms with E-state index in [1.165, 1.54) is 18.2 Å². The van der Waals surface area contributed by atoms with Crippen molar-refractivity contribution in [2.45, 2.75) is 53.9 Å². The van der Waals surface area contributed by atoms with Gasteiger partial charge in [-0.15, -0.1) is 0 Å². The maximum absolute atomic E-state index is 14.2. The number of benzene rings is 2. The zero-order chi connectivity index (χ0) is 27.9. The Morgan fingerprint density at radius 1 is 1.11 bits per heavy atom. The van der Waals surface area contributed by atoms with Crippen molar-refractivity contribution < 1.29 is 18.0 Å². The first kappa shape index (κ1) is 27.7. The fourth-order valence-corrected chi connectivity index (χ4v) is 5.53. The van der Waals surface area contributed by atoms with E-state index in [-0.39, 0.29) is 35.2 Å². The summed E-state index contributed by atoms with van der Waals surface area (Å²) in [4.78, 5) is 22.2. The van der Waals surface area contributed by atoms with E-state index in [0.29, 0.717) is 24.6 Å². The first-order valence-electron chi connectivity index (χ1n) is 13.2. The van der Waals surface area contributed by atoms with E-state index in [4.69, 9.17) is 4.99 Å². The number of aliphatic imine (C=N–C) groups is 1. The average molecular weight is 524 g/mol. The van der Waals surface area contributed by atoms with Gasteiger partial charge in [0.1, 0.15) is 11.7 Å². The fourth-order valence-electron chi connectivity index (χ4n) is 5.53. The predicted molar refractivity (Wildman–Crippen MR) is 145 cm³/mol. The van der Waals surface area contributed by atoms with E-state index in [2.05, 4.69) is 27.4 Å². The monoisotopic (exact) mass is 523 g/mol. The van der Waals surface area contributed by atoms with Crippen LogP contribution in [0.3, 0.4) is 0 Å². The molecule has 1 fully saturated rings. The summed E-state index contributed by atoms with van der Waals surface area (Å²) in [6.07, 6.45) is 0.802. The highest BCUT2D eigenvalue weighted by Crippen LogP contribution is 2.45. The van der Waals surface area contributed by atoms with Crippen LogP contribution in [0.25, 0.3) is 0 Å². The van der Waals surface area contributed by atoms with E-state index in [1.807, 2.05) is 30.6 Å². The summed E-state index contributed by atoms with van der Waals surface area (Å²) >= 11 is 0. The van der Waals surface area contributed by atoms with Crippen molar-refractivity contribution in [3.8, 4) is 0 Å². The quantitative estimate of drug-likeness (QED) is 0.299. The largest absolute Gasteiger partial charge is 0.326 e. The summed E-state index contributed by atoms with van der Waals surface area (Å²) in [5, 5.41) is 0. The number of carbonyl (C=O) groups excluding carboxylic acids is 1. The molecule has 2 aliphatic rings. The minimum atomic E-state index is -0.983. The number of hydrogen-bond donors (Lipinski definition) is 0. The third kappa shape index (κ3) is 4.79. The molecule has 0 saturated carbocycles. The number of halogens is 3. The number of carbonyl (C=O) groups is 1. The number of hydrogen-bond acceptors (Lipinski definition) is 2. The van der Waals surface area contributed by atoms with Gasteiger partial charge in [0.05, 0.1) is 22.5 Å². The molecule has 2 aliphatic heterocycles. The minimum absolute atomic E-state index is 0.00648. The lowest BCUT2D eigenvalue weighted by molar-refractivity contribution is -0.142. The highest BCUT2D eigenvalue weighted by molar-refractivity contribution is 5.95. The second kappa shape index (κ2) is 10.4. The SMILES string of the molecule is C=C1C2=C(C)C(C)C(C)(C)C(=O)N2CCN1C(=Nc1ccc(F)c(F)c1)C(c1ccc(F)cc1)C(C)CC. The van der Waals surface area contributed by atoms with E-state index in [0.717, 1.165) is 35.4 Å². The molecule has 2 aromatic carbocycles. The fraction of sp³-hybridized carbons (Fsp3) is 0.419. The molecular formula is C31H36F3N3O. The molecule has 1 saturated heterocycles. The van der Waals surface area contributed by atoms with Gasteiger partial charge in [-0.2, -0.15) is 0 Å². The predicted octanol–water partition coefficient (Wildman–Crippen LogP) is 7.57. The van der Waals surface area contributed by atoms with Crippen molar-refractivity contribution in [3.63, 3.8) is 0 Å². The summed E-state index contributed by atoms with van der Waals surface area (Å²) in [6.45, 7) is 17.5. The van der Waals surface area contributed by atoms with Gasteiger partial charge in [0.2, 0.25) is 5.91 Å². The lowest BCUT2D eigenvalue weighted by Gasteiger charge is -2.50. The van der Waals surface area contributed by atoms with Crippen LogP contribution in [0.2, 0.25) is 0 Å². The summed E-state index contributed by atoms with van der Waals surface area (Å²) in [7, 11) is 0. The van der Waals surface area contributed by atoms with Crippen LogP contribution in [0.5, 0.6) is 0 Å². The van der Waals surface area contributed by atoms with Crippen molar-refractivity contribution in [1.29, 1.82) is 0 Å². The van der Waals surface area contributed by atoms with Gasteiger partial charge in [0, 0.05) is 25.1 Å². The Labute approximate surface area is 223 Å². The van der Waals surface area contributed by atoms with Gasteiger partial charge in [-0.05, 0) is 54.2 Å². The molecule has 2 aromatic rings. The van der Waals surface area contributed by atoms with Crippen molar-refractivity contribution in [2.24, 2.45) is 22.2 Å². The molecule has 2 heterocycles. The van der Waals surface area contributed by atoms with Crippen LogP contribution < -0.4 is 0 Å². The highest BCUT2D eigenvalue weighted by Gasteiger charge is 2.47. The third-order valence-electron chi connectivity index (χ3n) is 8.46. The van der Waals surface area contributed by atoms with E-state index < -0.39 is 17.0 Å². The number of rotatable bonds is 5. The highest BCUT2D eigenvalue weighted by atomic mass is 19.2. The Hall–Kier alpha value is -3.35. The molecule has 0 bridgehead atoms. The average Bonchev–Trinajstić information content (AvgIpc) is 2.89. The first-order chi connectivity index (χ1) is 17.9. The summed E-state index contributed by atoms with van der Waals surface area (Å²) in [5.41, 5.74) is 3.08. The molecule has 4 rings (SSSR count). The number of piperazine rings is 1. The molecule has 0 aliphatic carbocycles. The van der Waals surface area contributed by atoms with Gasteiger partial charge < -0.3 is 9.80 Å². The van der Waals surface area contributed by atoms with Crippen LogP contribution in [0.1, 0.15) is 59.4 Å². The number of amidine groups is 1. The molecule has 4 nitrogen and oxygen atoms in total. The topological polar surface area (TPSA) is 35.9 Å².